The number of anilines is 1. The second-order valence-electron chi connectivity index (χ2n) is 7.74. The van der Waals surface area contributed by atoms with Crippen molar-refractivity contribution >= 4 is 51.8 Å². The highest BCUT2D eigenvalue weighted by Gasteiger charge is 2.39. The summed E-state index contributed by atoms with van der Waals surface area (Å²) in [6.07, 6.45) is 0. The Labute approximate surface area is 201 Å². The predicted molar refractivity (Wildman–Crippen MR) is 136 cm³/mol. The molecule has 5 nitrogen and oxygen atoms in total. The second-order valence-corrected chi connectivity index (χ2v) is 9.75. The van der Waals surface area contributed by atoms with E-state index in [0.29, 0.717) is 27.9 Å². The fraction of sp³-hybridized carbons (Fsp3) is 0.115. The molecule has 1 fully saturated rings. The minimum Gasteiger partial charge on any atom is -0.337 e. The summed E-state index contributed by atoms with van der Waals surface area (Å²) in [4.78, 5) is 35.9. The van der Waals surface area contributed by atoms with Crippen molar-refractivity contribution in [1.82, 2.24) is 4.90 Å². The van der Waals surface area contributed by atoms with E-state index in [1.807, 2.05) is 61.6 Å². The van der Waals surface area contributed by atoms with Gasteiger partial charge >= 0.3 is 0 Å². The highest BCUT2D eigenvalue weighted by molar-refractivity contribution is 8.19. The number of ketones is 1. The Bertz CT molecular complexity index is 1320. The van der Waals surface area contributed by atoms with Gasteiger partial charge in [0.15, 0.2) is 11.0 Å². The summed E-state index contributed by atoms with van der Waals surface area (Å²) in [7, 11) is 1.99. The first-order valence-corrected chi connectivity index (χ1v) is 12.1. The molecule has 3 aromatic rings. The van der Waals surface area contributed by atoms with E-state index in [2.05, 4.69) is 17.0 Å². The normalized spacial score (nSPS) is 18.8. The Morgan fingerprint density at radius 2 is 1.70 bits per heavy atom. The van der Waals surface area contributed by atoms with Crippen LogP contribution in [0.25, 0.3) is 0 Å². The maximum absolute atomic E-state index is 13.6. The number of nitrogens with zero attached hydrogens (tertiary/aromatic N) is 3. The monoisotopic (exact) mass is 471 g/mol. The van der Waals surface area contributed by atoms with Crippen LogP contribution in [0.4, 0.5) is 11.4 Å². The molecule has 1 amide bonds. The van der Waals surface area contributed by atoms with Gasteiger partial charge in [0.1, 0.15) is 4.91 Å². The number of para-hydroxylation sites is 1. The Hall–Kier alpha value is -3.29. The molecule has 0 saturated carbocycles. The van der Waals surface area contributed by atoms with Gasteiger partial charge in [0.05, 0.1) is 22.9 Å². The molecule has 3 aromatic carbocycles. The molecule has 0 bridgehead atoms. The van der Waals surface area contributed by atoms with E-state index < -0.39 is 0 Å². The van der Waals surface area contributed by atoms with Gasteiger partial charge in [-0.25, -0.2) is 4.99 Å². The Kier molecular flexibility index (Phi) is 5.83. The van der Waals surface area contributed by atoms with Gasteiger partial charge in [0.2, 0.25) is 0 Å². The van der Waals surface area contributed by atoms with E-state index in [1.54, 1.807) is 28.8 Å². The van der Waals surface area contributed by atoms with E-state index in [4.69, 9.17) is 4.99 Å². The molecular formula is C26H21N3O2S2. The summed E-state index contributed by atoms with van der Waals surface area (Å²) in [6, 6.07) is 25.2. The third-order valence-electron chi connectivity index (χ3n) is 5.46. The van der Waals surface area contributed by atoms with Gasteiger partial charge in [-0.15, -0.1) is 0 Å². The number of hydrogen-bond acceptors (Lipinski definition) is 6. The van der Waals surface area contributed by atoms with Gasteiger partial charge in [0.25, 0.3) is 5.91 Å². The SMILES string of the molecule is CC(=O)c1cccc(N=C2SC(=C3Sc4ccccc4N3C)C(=O)N2Cc2ccccc2)c1. The number of amides is 1. The van der Waals surface area contributed by atoms with Crippen molar-refractivity contribution in [1.29, 1.82) is 0 Å². The molecule has 2 heterocycles. The van der Waals surface area contributed by atoms with Crippen molar-refractivity contribution in [3.63, 3.8) is 0 Å². The minimum atomic E-state index is -0.0625. The average molecular weight is 472 g/mol. The van der Waals surface area contributed by atoms with Crippen molar-refractivity contribution in [2.75, 3.05) is 11.9 Å². The Balaban J connectivity index is 1.56. The zero-order valence-electron chi connectivity index (χ0n) is 18.2. The molecule has 0 spiro atoms. The minimum absolute atomic E-state index is 0.0158. The van der Waals surface area contributed by atoms with Crippen LogP contribution in [0.2, 0.25) is 0 Å². The summed E-state index contributed by atoms with van der Waals surface area (Å²) in [5, 5.41) is 1.52. The highest BCUT2D eigenvalue weighted by Crippen LogP contribution is 2.50. The van der Waals surface area contributed by atoms with Crippen LogP contribution in [0.5, 0.6) is 0 Å². The van der Waals surface area contributed by atoms with Crippen LogP contribution in [0.3, 0.4) is 0 Å². The lowest BCUT2D eigenvalue weighted by molar-refractivity contribution is -0.122. The molecule has 7 heteroatoms. The number of thioether (sulfide) groups is 2. The van der Waals surface area contributed by atoms with Gasteiger partial charge in [-0.05, 0) is 48.5 Å². The number of aliphatic imine (C=N–C) groups is 1. The van der Waals surface area contributed by atoms with Crippen LogP contribution < -0.4 is 4.90 Å². The topological polar surface area (TPSA) is 53.0 Å². The second kappa shape index (κ2) is 8.92. The van der Waals surface area contributed by atoms with Crippen LogP contribution in [-0.2, 0) is 11.3 Å². The lowest BCUT2D eigenvalue weighted by Crippen LogP contribution is -2.29. The van der Waals surface area contributed by atoms with Crippen molar-refractivity contribution in [2.45, 2.75) is 18.4 Å². The number of benzene rings is 3. The van der Waals surface area contributed by atoms with E-state index in [0.717, 1.165) is 21.2 Å². The molecule has 0 radical (unpaired) electrons. The summed E-state index contributed by atoms with van der Waals surface area (Å²) in [5.41, 5.74) is 3.37. The third kappa shape index (κ3) is 4.21. The number of Topliss-reactive ketones (excluding diaryl/α,β-unsaturated/α-hetero) is 1. The number of amidine groups is 1. The maximum Gasteiger partial charge on any atom is 0.269 e. The first-order chi connectivity index (χ1) is 16.0. The molecule has 5 rings (SSSR count). The van der Waals surface area contributed by atoms with Gasteiger partial charge in [-0.3, -0.25) is 14.5 Å². The number of fused-ring (bicyclic) bond motifs is 1. The highest BCUT2D eigenvalue weighted by atomic mass is 32.2. The summed E-state index contributed by atoms with van der Waals surface area (Å²) in [5.74, 6) is -0.0784. The summed E-state index contributed by atoms with van der Waals surface area (Å²) < 4.78 is 0. The lowest BCUT2D eigenvalue weighted by atomic mass is 10.1. The number of carbonyl (C=O) groups is 2. The Morgan fingerprint density at radius 1 is 0.939 bits per heavy atom. The van der Waals surface area contributed by atoms with Gasteiger partial charge in [-0.2, -0.15) is 0 Å². The number of rotatable bonds is 4. The van der Waals surface area contributed by atoms with E-state index in [1.165, 1.54) is 18.7 Å². The molecule has 2 aliphatic rings. The molecular weight excluding hydrogens is 450 g/mol. The molecule has 0 atom stereocenters. The Morgan fingerprint density at radius 3 is 2.45 bits per heavy atom. The van der Waals surface area contributed by atoms with Gasteiger partial charge in [-0.1, -0.05) is 66.4 Å². The van der Waals surface area contributed by atoms with Crippen LogP contribution in [0.1, 0.15) is 22.8 Å². The fourth-order valence-electron chi connectivity index (χ4n) is 3.73. The smallest absolute Gasteiger partial charge is 0.269 e. The third-order valence-corrected chi connectivity index (χ3v) is 7.89. The average Bonchev–Trinajstić information content (AvgIpc) is 3.31. The van der Waals surface area contributed by atoms with E-state index in [9.17, 15) is 9.59 Å². The first-order valence-electron chi connectivity index (χ1n) is 10.5. The molecule has 0 aliphatic carbocycles. The molecule has 0 N–H and O–H groups in total. The summed E-state index contributed by atoms with van der Waals surface area (Å²) >= 11 is 2.99. The van der Waals surface area contributed by atoms with Crippen molar-refractivity contribution < 1.29 is 9.59 Å². The standard InChI is InChI=1S/C26H21N3O2S2/c1-17(30)19-11-8-12-20(15-19)27-26-29(16-18-9-4-3-5-10-18)24(31)23(33-26)25-28(2)21-13-6-7-14-22(21)32-25/h3-15H,16H2,1-2H3. The van der Waals surface area contributed by atoms with Crippen LogP contribution >= 0.6 is 23.5 Å². The zero-order chi connectivity index (χ0) is 22.9. The molecule has 2 aliphatic heterocycles. The largest absolute Gasteiger partial charge is 0.337 e. The lowest BCUT2D eigenvalue weighted by Gasteiger charge is -2.17. The van der Waals surface area contributed by atoms with E-state index >= 15 is 0 Å². The summed E-state index contributed by atoms with van der Waals surface area (Å²) in [6.45, 7) is 1.96. The predicted octanol–water partition coefficient (Wildman–Crippen LogP) is 6.06. The van der Waals surface area contributed by atoms with Crippen molar-refractivity contribution in [3.05, 3.63) is 99.9 Å². The molecule has 33 heavy (non-hydrogen) atoms. The number of carbonyl (C=O) groups excluding carboxylic acids is 2. The quantitative estimate of drug-likeness (QED) is 0.342. The maximum atomic E-state index is 13.6. The van der Waals surface area contributed by atoms with Gasteiger partial charge < -0.3 is 4.90 Å². The van der Waals surface area contributed by atoms with Gasteiger partial charge in [0, 0.05) is 17.5 Å². The fourth-order valence-corrected chi connectivity index (χ4v) is 6.07. The molecule has 0 unspecified atom stereocenters. The zero-order valence-corrected chi connectivity index (χ0v) is 19.8. The molecule has 164 valence electrons. The van der Waals surface area contributed by atoms with Crippen LogP contribution in [-0.4, -0.2) is 28.8 Å². The molecule has 1 saturated heterocycles. The van der Waals surface area contributed by atoms with E-state index in [-0.39, 0.29) is 11.7 Å². The van der Waals surface area contributed by atoms with Crippen molar-refractivity contribution in [2.24, 2.45) is 4.99 Å². The van der Waals surface area contributed by atoms with Crippen LogP contribution in [0, 0.1) is 0 Å². The molecule has 0 aromatic heterocycles. The van der Waals surface area contributed by atoms with Crippen molar-refractivity contribution in [3.8, 4) is 0 Å². The van der Waals surface area contributed by atoms with Crippen LogP contribution in [0.15, 0.2) is 98.7 Å². The first kappa shape index (κ1) is 21.6. The number of hydrogen-bond donors (Lipinski definition) is 0.